The molecule has 3 aromatic rings. The van der Waals surface area contributed by atoms with Gasteiger partial charge in [-0.3, -0.25) is 14.7 Å². The van der Waals surface area contributed by atoms with Crippen molar-refractivity contribution in [2.75, 3.05) is 12.4 Å². The molecule has 27 heavy (non-hydrogen) atoms. The van der Waals surface area contributed by atoms with E-state index < -0.39 is 6.17 Å². The quantitative estimate of drug-likeness (QED) is 0.737. The first-order valence-corrected chi connectivity index (χ1v) is 8.49. The first-order chi connectivity index (χ1) is 13.2. The van der Waals surface area contributed by atoms with Crippen molar-refractivity contribution >= 4 is 11.9 Å². The molecule has 8 nitrogen and oxygen atoms in total. The van der Waals surface area contributed by atoms with Gasteiger partial charge in [0.15, 0.2) is 0 Å². The van der Waals surface area contributed by atoms with Crippen molar-refractivity contribution in [3.63, 3.8) is 0 Å². The lowest BCUT2D eigenvalue weighted by Gasteiger charge is -2.31. The number of aliphatic imine (C=N–C) groups is 1. The number of aryl methyl sites for hydroxylation is 1. The Hall–Kier alpha value is -3.55. The standard InChI is InChI=1S/C19H19N5O3/c1-12-10-16(25)24-17(14-7-3-4-8-15(14)26-2)22-18(23-19(24)21-12)20-11-13-6-5-9-27-13/h3-10,17H,11H2,1-2H3,(H2,20,21,22,23). The first kappa shape index (κ1) is 16.9. The zero-order chi connectivity index (χ0) is 18.8. The summed E-state index contributed by atoms with van der Waals surface area (Å²) in [5.74, 6) is 2.33. The van der Waals surface area contributed by atoms with E-state index in [1.807, 2.05) is 36.4 Å². The van der Waals surface area contributed by atoms with Gasteiger partial charge in [0.25, 0.3) is 5.56 Å². The Labute approximate surface area is 155 Å². The van der Waals surface area contributed by atoms with Crippen LogP contribution in [0.4, 0.5) is 5.95 Å². The number of methoxy groups -OCH3 is 1. The SMILES string of the molecule is COc1ccccc1C1NC(=NCc2ccco2)Nc2nc(C)cc(=O)n21. The monoisotopic (exact) mass is 365 g/mol. The third-order valence-corrected chi connectivity index (χ3v) is 4.25. The Morgan fingerprint density at radius 1 is 1.30 bits per heavy atom. The topological polar surface area (TPSA) is 93.7 Å². The number of para-hydroxylation sites is 1. The summed E-state index contributed by atoms with van der Waals surface area (Å²) < 4.78 is 12.4. The molecule has 8 heteroatoms. The average molecular weight is 365 g/mol. The van der Waals surface area contributed by atoms with Gasteiger partial charge in [-0.1, -0.05) is 18.2 Å². The number of rotatable bonds is 4. The molecule has 1 atom stereocenters. The summed E-state index contributed by atoms with van der Waals surface area (Å²) in [7, 11) is 1.60. The number of furan rings is 1. The summed E-state index contributed by atoms with van der Waals surface area (Å²) in [6, 6.07) is 12.7. The summed E-state index contributed by atoms with van der Waals surface area (Å²) in [5.41, 5.74) is 1.27. The van der Waals surface area contributed by atoms with Crippen molar-refractivity contribution in [1.82, 2.24) is 14.9 Å². The van der Waals surface area contributed by atoms with Gasteiger partial charge in [0.05, 0.1) is 13.4 Å². The Bertz CT molecular complexity index is 1040. The van der Waals surface area contributed by atoms with Crippen molar-refractivity contribution in [3.05, 3.63) is 76.1 Å². The highest BCUT2D eigenvalue weighted by Crippen LogP contribution is 2.28. The number of hydrogen-bond acceptors (Lipinski definition) is 5. The number of guanidine groups is 1. The second-order valence-corrected chi connectivity index (χ2v) is 6.09. The Kier molecular flexibility index (Phi) is 4.37. The van der Waals surface area contributed by atoms with Crippen LogP contribution in [0.1, 0.15) is 23.2 Å². The van der Waals surface area contributed by atoms with Crippen LogP contribution < -0.4 is 20.9 Å². The van der Waals surface area contributed by atoms with Gasteiger partial charge in [0.1, 0.15) is 24.2 Å². The van der Waals surface area contributed by atoms with Crippen LogP contribution in [0.2, 0.25) is 0 Å². The lowest BCUT2D eigenvalue weighted by Crippen LogP contribution is -2.48. The van der Waals surface area contributed by atoms with Gasteiger partial charge in [0, 0.05) is 17.3 Å². The van der Waals surface area contributed by atoms with E-state index in [1.54, 1.807) is 24.9 Å². The fourth-order valence-corrected chi connectivity index (χ4v) is 3.03. The molecular formula is C19H19N5O3. The number of aromatic nitrogens is 2. The molecule has 2 aromatic heterocycles. The van der Waals surface area contributed by atoms with E-state index in [-0.39, 0.29) is 5.56 Å². The number of ether oxygens (including phenoxy) is 1. The molecule has 1 aromatic carbocycles. The summed E-state index contributed by atoms with van der Waals surface area (Å²) in [5, 5.41) is 6.35. The molecule has 0 radical (unpaired) electrons. The van der Waals surface area contributed by atoms with Crippen molar-refractivity contribution < 1.29 is 9.15 Å². The zero-order valence-corrected chi connectivity index (χ0v) is 15.0. The molecule has 0 aliphatic carbocycles. The Morgan fingerprint density at radius 2 is 2.15 bits per heavy atom. The maximum absolute atomic E-state index is 12.7. The molecule has 1 unspecified atom stereocenters. The normalized spacial score (nSPS) is 17.1. The molecule has 1 aliphatic rings. The fraction of sp³-hybridized carbons (Fsp3) is 0.211. The number of anilines is 1. The highest BCUT2D eigenvalue weighted by atomic mass is 16.5. The molecule has 0 spiro atoms. The van der Waals surface area contributed by atoms with Gasteiger partial charge in [0.2, 0.25) is 11.9 Å². The Morgan fingerprint density at radius 3 is 2.93 bits per heavy atom. The minimum Gasteiger partial charge on any atom is -0.496 e. The van der Waals surface area contributed by atoms with Crippen LogP contribution in [-0.2, 0) is 6.54 Å². The summed E-state index contributed by atoms with van der Waals surface area (Å²) in [6.07, 6.45) is 1.10. The molecule has 138 valence electrons. The van der Waals surface area contributed by atoms with Crippen LogP contribution in [0.5, 0.6) is 5.75 Å². The van der Waals surface area contributed by atoms with E-state index >= 15 is 0 Å². The van der Waals surface area contributed by atoms with Gasteiger partial charge in [-0.05, 0) is 25.1 Å². The first-order valence-electron chi connectivity index (χ1n) is 8.49. The molecule has 3 heterocycles. The largest absolute Gasteiger partial charge is 0.496 e. The van der Waals surface area contributed by atoms with E-state index in [0.717, 1.165) is 11.3 Å². The van der Waals surface area contributed by atoms with E-state index in [1.165, 1.54) is 6.07 Å². The Balaban J connectivity index is 1.79. The van der Waals surface area contributed by atoms with E-state index in [0.29, 0.717) is 29.9 Å². The number of benzene rings is 1. The fourth-order valence-electron chi connectivity index (χ4n) is 3.03. The van der Waals surface area contributed by atoms with E-state index in [4.69, 9.17) is 9.15 Å². The minimum absolute atomic E-state index is 0.168. The highest BCUT2D eigenvalue weighted by Gasteiger charge is 2.28. The van der Waals surface area contributed by atoms with Crippen molar-refractivity contribution in [2.24, 2.45) is 4.99 Å². The van der Waals surface area contributed by atoms with Crippen LogP contribution in [0.3, 0.4) is 0 Å². The third kappa shape index (κ3) is 3.29. The highest BCUT2D eigenvalue weighted by molar-refractivity contribution is 5.93. The van der Waals surface area contributed by atoms with Gasteiger partial charge in [-0.25, -0.2) is 9.98 Å². The molecule has 0 amide bonds. The summed E-state index contributed by atoms with van der Waals surface area (Å²) >= 11 is 0. The zero-order valence-electron chi connectivity index (χ0n) is 15.0. The van der Waals surface area contributed by atoms with E-state index in [9.17, 15) is 4.79 Å². The van der Waals surface area contributed by atoms with Crippen molar-refractivity contribution in [1.29, 1.82) is 0 Å². The second-order valence-electron chi connectivity index (χ2n) is 6.09. The summed E-state index contributed by atoms with van der Waals surface area (Å²) in [4.78, 5) is 21.7. The van der Waals surface area contributed by atoms with Crippen LogP contribution in [-0.4, -0.2) is 22.6 Å². The number of nitrogens with one attached hydrogen (secondary N) is 2. The summed E-state index contributed by atoms with van der Waals surface area (Å²) in [6.45, 7) is 2.14. The molecule has 0 saturated heterocycles. The maximum Gasteiger partial charge on any atom is 0.257 e. The van der Waals surface area contributed by atoms with Crippen LogP contribution in [0.25, 0.3) is 0 Å². The number of hydrogen-bond donors (Lipinski definition) is 2. The minimum atomic E-state index is -0.506. The molecule has 0 fully saturated rings. The lowest BCUT2D eigenvalue weighted by molar-refractivity contribution is 0.395. The predicted molar refractivity (Wildman–Crippen MR) is 101 cm³/mol. The van der Waals surface area contributed by atoms with Crippen LogP contribution in [0, 0.1) is 6.92 Å². The molecule has 2 N–H and O–H groups in total. The van der Waals surface area contributed by atoms with Gasteiger partial charge < -0.3 is 14.5 Å². The molecule has 0 bridgehead atoms. The van der Waals surface area contributed by atoms with Crippen LogP contribution >= 0.6 is 0 Å². The van der Waals surface area contributed by atoms with Gasteiger partial charge in [-0.15, -0.1) is 0 Å². The predicted octanol–water partition coefficient (Wildman–Crippen LogP) is 2.27. The van der Waals surface area contributed by atoms with Crippen molar-refractivity contribution in [3.8, 4) is 5.75 Å². The molecule has 4 rings (SSSR count). The second kappa shape index (κ2) is 6.99. The molecule has 1 aliphatic heterocycles. The molecule has 0 saturated carbocycles. The van der Waals surface area contributed by atoms with E-state index in [2.05, 4.69) is 20.6 Å². The molecular weight excluding hydrogens is 346 g/mol. The smallest absolute Gasteiger partial charge is 0.257 e. The third-order valence-electron chi connectivity index (χ3n) is 4.25. The lowest BCUT2D eigenvalue weighted by atomic mass is 10.1. The average Bonchev–Trinajstić information content (AvgIpc) is 3.19. The number of nitrogens with zero attached hydrogens (tertiary/aromatic N) is 3. The van der Waals surface area contributed by atoms with Gasteiger partial charge in [-0.2, -0.15) is 0 Å². The van der Waals surface area contributed by atoms with Crippen LogP contribution in [0.15, 0.2) is 62.9 Å². The van der Waals surface area contributed by atoms with Crippen molar-refractivity contribution in [2.45, 2.75) is 19.6 Å². The number of fused-ring (bicyclic) bond motifs is 1. The maximum atomic E-state index is 12.7. The van der Waals surface area contributed by atoms with Gasteiger partial charge >= 0.3 is 0 Å².